The molecule has 0 aliphatic carbocycles. The summed E-state index contributed by atoms with van der Waals surface area (Å²) in [6.45, 7) is 0. The highest BCUT2D eigenvalue weighted by molar-refractivity contribution is 5.91. The van der Waals surface area contributed by atoms with Gasteiger partial charge in [-0.3, -0.25) is 4.79 Å². The molecule has 0 fully saturated rings. The lowest BCUT2D eigenvalue weighted by Gasteiger charge is -2.11. The van der Waals surface area contributed by atoms with Gasteiger partial charge in [0.2, 0.25) is 5.91 Å². The predicted octanol–water partition coefficient (Wildman–Crippen LogP) is 4.71. The summed E-state index contributed by atoms with van der Waals surface area (Å²) >= 11 is 0. The molecular weight excluding hydrogens is 370 g/mol. The highest BCUT2D eigenvalue weighted by Crippen LogP contribution is 2.20. The van der Waals surface area contributed by atoms with E-state index in [1.165, 1.54) is 5.56 Å². The zero-order chi connectivity index (χ0) is 20.6. The van der Waals surface area contributed by atoms with E-state index in [9.17, 15) is 4.79 Å². The molecule has 0 aliphatic rings. The smallest absolute Gasteiger partial charge is 0.229 e. The van der Waals surface area contributed by atoms with Gasteiger partial charge >= 0.3 is 0 Å². The molecule has 4 aromatic rings. The number of carbonyl (C=O) groups is 1. The Balaban J connectivity index is 1.57. The van der Waals surface area contributed by atoms with E-state index in [0.717, 1.165) is 28.9 Å². The molecule has 3 aromatic carbocycles. The second-order valence-corrected chi connectivity index (χ2v) is 6.96. The summed E-state index contributed by atoms with van der Waals surface area (Å²) in [5, 5.41) is 2.94. The van der Waals surface area contributed by atoms with Crippen LogP contribution in [0, 0.1) is 12.1 Å². The number of amides is 1. The minimum absolute atomic E-state index is 0.108. The van der Waals surface area contributed by atoms with Gasteiger partial charge in [-0.2, -0.15) is 0 Å². The monoisotopic (exact) mass is 391 g/mol. The lowest BCUT2D eigenvalue weighted by molar-refractivity contribution is -0.115. The van der Waals surface area contributed by atoms with Crippen LogP contribution in [0.4, 0.5) is 5.82 Å². The first-order chi connectivity index (χ1) is 14.8. The molecule has 0 radical (unpaired) electrons. The molecular formula is C26H21N3O. The largest absolute Gasteiger partial charge is 0.309 e. The maximum Gasteiger partial charge on any atom is 0.229 e. The van der Waals surface area contributed by atoms with Crippen molar-refractivity contribution in [2.24, 2.45) is 0 Å². The van der Waals surface area contributed by atoms with Crippen LogP contribution in [0.1, 0.15) is 16.8 Å². The van der Waals surface area contributed by atoms with Crippen molar-refractivity contribution < 1.29 is 4.79 Å². The Morgan fingerprint density at radius 3 is 2.30 bits per heavy atom. The molecule has 0 saturated heterocycles. The van der Waals surface area contributed by atoms with Gasteiger partial charge in [0.25, 0.3) is 0 Å². The molecule has 0 bridgehead atoms. The number of carbonyl (C=O) groups excluding carboxylic acids is 1. The number of aromatic nitrogens is 2. The summed E-state index contributed by atoms with van der Waals surface area (Å²) in [6.07, 6.45) is 3.45. The van der Waals surface area contributed by atoms with E-state index in [2.05, 4.69) is 34.6 Å². The Kier molecular flexibility index (Phi) is 6.12. The van der Waals surface area contributed by atoms with E-state index < -0.39 is 0 Å². The third-order valence-corrected chi connectivity index (χ3v) is 4.73. The van der Waals surface area contributed by atoms with E-state index in [-0.39, 0.29) is 5.91 Å². The fourth-order valence-corrected chi connectivity index (χ4v) is 3.20. The lowest BCUT2D eigenvalue weighted by Crippen LogP contribution is -2.17. The Labute approximate surface area is 176 Å². The number of nitrogens with zero attached hydrogens (tertiary/aromatic N) is 2. The average molecular weight is 391 g/mol. The van der Waals surface area contributed by atoms with Crippen molar-refractivity contribution in [1.29, 1.82) is 0 Å². The quantitative estimate of drug-likeness (QED) is 0.496. The first-order valence-corrected chi connectivity index (χ1v) is 9.90. The number of hydrogen-bond donors (Lipinski definition) is 1. The zero-order valence-corrected chi connectivity index (χ0v) is 16.5. The molecule has 0 unspecified atom stereocenters. The molecule has 30 heavy (non-hydrogen) atoms. The van der Waals surface area contributed by atoms with Crippen molar-refractivity contribution in [3.63, 3.8) is 0 Å². The number of aryl methyl sites for hydroxylation is 2. The number of hydrogen-bond acceptors (Lipinski definition) is 3. The van der Waals surface area contributed by atoms with Crippen molar-refractivity contribution in [2.75, 3.05) is 5.32 Å². The molecule has 4 rings (SSSR count). The van der Waals surface area contributed by atoms with Crippen molar-refractivity contribution in [2.45, 2.75) is 19.3 Å². The Morgan fingerprint density at radius 1 is 0.867 bits per heavy atom. The molecule has 1 N–H and O–H groups in total. The molecule has 4 heteroatoms. The fraction of sp³-hybridized carbons (Fsp3) is 0.115. The zero-order valence-electron chi connectivity index (χ0n) is 16.5. The van der Waals surface area contributed by atoms with Crippen LogP contribution >= 0.6 is 0 Å². The first kappa shape index (κ1) is 19.4. The predicted molar refractivity (Wildman–Crippen MR) is 118 cm³/mol. The van der Waals surface area contributed by atoms with E-state index in [1.54, 1.807) is 12.3 Å². The van der Waals surface area contributed by atoms with Crippen LogP contribution in [0.25, 0.3) is 11.3 Å². The van der Waals surface area contributed by atoms with Gasteiger partial charge in [0.15, 0.2) is 5.82 Å². The molecule has 4 nitrogen and oxygen atoms in total. The topological polar surface area (TPSA) is 54.9 Å². The molecule has 0 saturated carbocycles. The Morgan fingerprint density at radius 2 is 1.60 bits per heavy atom. The molecule has 0 aliphatic heterocycles. The van der Waals surface area contributed by atoms with E-state index in [4.69, 9.17) is 4.98 Å². The molecule has 0 atom stereocenters. The van der Waals surface area contributed by atoms with Gasteiger partial charge in [0.05, 0.1) is 29.6 Å². The van der Waals surface area contributed by atoms with Gasteiger partial charge in [0.1, 0.15) is 0 Å². The number of nitrogens with one attached hydrogen (secondary N) is 1. The van der Waals surface area contributed by atoms with Gasteiger partial charge < -0.3 is 5.32 Å². The van der Waals surface area contributed by atoms with Gasteiger partial charge in [-0.05, 0) is 36.1 Å². The van der Waals surface area contributed by atoms with E-state index in [1.807, 2.05) is 60.7 Å². The normalized spacial score (nSPS) is 10.3. The minimum atomic E-state index is -0.108. The van der Waals surface area contributed by atoms with Crippen LogP contribution in [0.2, 0.25) is 0 Å². The minimum Gasteiger partial charge on any atom is -0.309 e. The fourth-order valence-electron chi connectivity index (χ4n) is 3.20. The van der Waals surface area contributed by atoms with Crippen LogP contribution in [0.15, 0.2) is 85.1 Å². The van der Waals surface area contributed by atoms with Crippen LogP contribution in [-0.4, -0.2) is 15.9 Å². The summed E-state index contributed by atoms with van der Waals surface area (Å²) in [4.78, 5) is 21.9. The van der Waals surface area contributed by atoms with E-state index in [0.29, 0.717) is 18.7 Å². The van der Waals surface area contributed by atoms with Gasteiger partial charge in [-0.1, -0.05) is 78.9 Å². The lowest BCUT2D eigenvalue weighted by atomic mass is 10.1. The Bertz CT molecular complexity index is 1100. The molecule has 1 amide bonds. The number of benzene rings is 2. The van der Waals surface area contributed by atoms with Gasteiger partial charge in [-0.15, -0.1) is 0 Å². The first-order valence-electron chi connectivity index (χ1n) is 9.90. The second kappa shape index (κ2) is 9.49. The third kappa shape index (κ3) is 5.09. The van der Waals surface area contributed by atoms with E-state index >= 15 is 0 Å². The standard InChI is InChI=1S/C26H21N3O/c30-25(18-21-12-6-2-7-13-21)29-26-23(17-16-20-10-4-1-5-11-20)28-24(19-27-26)22-14-8-3-9-15-22/h1-8,10-14,19H,16-18H2,(H,27,29,30). The summed E-state index contributed by atoms with van der Waals surface area (Å²) in [5.41, 5.74) is 4.48. The van der Waals surface area contributed by atoms with Crippen molar-refractivity contribution in [3.8, 4) is 11.3 Å². The highest BCUT2D eigenvalue weighted by atomic mass is 16.1. The SMILES string of the molecule is O=C(Cc1ccccc1)Nc1ncc(-c2c#cccc2)nc1CCc1ccccc1. The Hall–Kier alpha value is -3.97. The summed E-state index contributed by atoms with van der Waals surface area (Å²) in [6, 6.07) is 31.5. The molecule has 0 spiro atoms. The van der Waals surface area contributed by atoms with Crippen molar-refractivity contribution in [3.05, 3.63) is 114 Å². The highest BCUT2D eigenvalue weighted by Gasteiger charge is 2.13. The number of anilines is 1. The van der Waals surface area contributed by atoms with Gasteiger partial charge in [0, 0.05) is 0 Å². The molecule has 146 valence electrons. The van der Waals surface area contributed by atoms with Crippen LogP contribution < -0.4 is 5.32 Å². The summed E-state index contributed by atoms with van der Waals surface area (Å²) < 4.78 is 0. The summed E-state index contributed by atoms with van der Waals surface area (Å²) in [7, 11) is 0. The maximum absolute atomic E-state index is 12.6. The van der Waals surface area contributed by atoms with Crippen LogP contribution in [0.5, 0.6) is 0 Å². The molecule has 1 heterocycles. The number of rotatable bonds is 7. The average Bonchev–Trinajstić information content (AvgIpc) is 2.80. The second-order valence-electron chi connectivity index (χ2n) is 6.96. The van der Waals surface area contributed by atoms with Crippen molar-refractivity contribution >= 4 is 11.7 Å². The van der Waals surface area contributed by atoms with Crippen LogP contribution in [-0.2, 0) is 24.1 Å². The maximum atomic E-state index is 12.6. The summed E-state index contributed by atoms with van der Waals surface area (Å²) in [5.74, 6) is 0.402. The van der Waals surface area contributed by atoms with Crippen molar-refractivity contribution in [1.82, 2.24) is 9.97 Å². The van der Waals surface area contributed by atoms with Crippen LogP contribution in [0.3, 0.4) is 0 Å². The van der Waals surface area contributed by atoms with Gasteiger partial charge in [-0.25, -0.2) is 9.97 Å². The molecule has 1 aromatic heterocycles. The third-order valence-electron chi connectivity index (χ3n) is 4.73.